The maximum Gasteiger partial charge on any atom is 0.137 e. The fourth-order valence-corrected chi connectivity index (χ4v) is 1.97. The molecule has 1 rings (SSSR count). The van der Waals surface area contributed by atoms with Gasteiger partial charge in [0.1, 0.15) is 24.6 Å². The quantitative estimate of drug-likeness (QED) is 0.748. The highest BCUT2D eigenvalue weighted by molar-refractivity contribution is 7.85. The Kier molecular flexibility index (Phi) is 5.54. The van der Waals surface area contributed by atoms with Crippen molar-refractivity contribution in [1.29, 1.82) is 5.26 Å². The second-order valence-corrected chi connectivity index (χ2v) is 5.67. The van der Waals surface area contributed by atoms with Gasteiger partial charge in [0.2, 0.25) is 0 Å². The van der Waals surface area contributed by atoms with E-state index in [-0.39, 0.29) is 11.3 Å². The van der Waals surface area contributed by atoms with Crippen LogP contribution in [0.4, 0.5) is 4.39 Å². The molecule has 0 saturated heterocycles. The molecule has 1 atom stereocenters. The third kappa shape index (κ3) is 5.87. The highest BCUT2D eigenvalue weighted by Crippen LogP contribution is 2.22. The Morgan fingerprint density at radius 2 is 2.21 bits per heavy atom. The van der Waals surface area contributed by atoms with Gasteiger partial charge in [0.25, 0.3) is 0 Å². The second kappa shape index (κ2) is 6.70. The first-order chi connectivity index (χ1) is 8.81. The first-order valence-corrected chi connectivity index (χ1v) is 7.17. The van der Waals surface area contributed by atoms with Crippen LogP contribution in [0.3, 0.4) is 0 Å². The lowest BCUT2D eigenvalue weighted by molar-refractivity contribution is 0.191. The summed E-state index contributed by atoms with van der Waals surface area (Å²) in [5.41, 5.74) is 0.149. The van der Waals surface area contributed by atoms with E-state index in [1.807, 2.05) is 6.07 Å². The van der Waals surface area contributed by atoms with Crippen LogP contribution in [0.1, 0.15) is 12.0 Å². The Hall–Kier alpha value is -1.36. The van der Waals surface area contributed by atoms with E-state index in [2.05, 4.69) is 0 Å². The number of nitrogens with zero attached hydrogens (tertiary/aromatic N) is 1. The van der Waals surface area contributed by atoms with Crippen LogP contribution in [-0.2, 0) is 10.1 Å². The molecular formula is C11H10ClFNO4S-. The van der Waals surface area contributed by atoms with Gasteiger partial charge in [-0.1, -0.05) is 11.6 Å². The predicted octanol–water partition coefficient (Wildman–Crippen LogP) is 1.86. The number of ether oxygens (including phenoxy) is 1. The molecular weight excluding hydrogens is 297 g/mol. The van der Waals surface area contributed by atoms with Crippen LogP contribution in [0, 0.1) is 11.3 Å². The summed E-state index contributed by atoms with van der Waals surface area (Å²) in [5, 5.41) is 9.16. The number of hydrogen-bond acceptors (Lipinski definition) is 5. The van der Waals surface area contributed by atoms with Gasteiger partial charge >= 0.3 is 0 Å². The zero-order valence-electron chi connectivity index (χ0n) is 9.68. The minimum absolute atomic E-state index is 0.149. The van der Waals surface area contributed by atoms with Crippen molar-refractivity contribution in [1.82, 2.24) is 0 Å². The van der Waals surface area contributed by atoms with Gasteiger partial charge in [-0.3, -0.25) is 0 Å². The molecule has 5 nitrogen and oxygen atoms in total. The maximum atomic E-state index is 13.3. The first kappa shape index (κ1) is 15.7. The zero-order valence-corrected chi connectivity index (χ0v) is 11.2. The summed E-state index contributed by atoms with van der Waals surface area (Å²) >= 11 is 5.68. The third-order valence-corrected chi connectivity index (χ3v) is 3.13. The van der Waals surface area contributed by atoms with E-state index < -0.39 is 35.1 Å². The van der Waals surface area contributed by atoms with E-state index >= 15 is 0 Å². The van der Waals surface area contributed by atoms with Gasteiger partial charge in [-0.2, -0.15) is 5.26 Å². The van der Waals surface area contributed by atoms with Crippen molar-refractivity contribution in [2.75, 3.05) is 12.4 Å². The Bertz CT molecular complexity index is 585. The van der Waals surface area contributed by atoms with Gasteiger partial charge in [-0.15, -0.1) is 0 Å². The van der Waals surface area contributed by atoms with Gasteiger partial charge in [0.05, 0.1) is 15.7 Å². The van der Waals surface area contributed by atoms with Crippen LogP contribution in [-0.4, -0.2) is 31.5 Å². The molecule has 0 fully saturated rings. The fraction of sp³-hybridized carbons (Fsp3) is 0.364. The molecule has 0 heterocycles. The van der Waals surface area contributed by atoms with Crippen molar-refractivity contribution >= 4 is 21.7 Å². The molecule has 1 aromatic rings. The number of hydrogen-bond donors (Lipinski definition) is 0. The van der Waals surface area contributed by atoms with E-state index in [4.69, 9.17) is 21.6 Å². The molecule has 0 aromatic heterocycles. The molecule has 0 bridgehead atoms. The standard InChI is InChI=1S/C11H11ClFNO4S/c12-9-1-2-11(8(5-9)6-14)18-7-10(13)3-4-19(15,16)17/h1-2,5,10H,3-4,7H2,(H,15,16,17)/p-1/t10-/m1/s1. The zero-order chi connectivity index (χ0) is 14.5. The summed E-state index contributed by atoms with van der Waals surface area (Å²) in [6, 6.07) is 6.10. The Labute approximate surface area is 115 Å². The minimum Gasteiger partial charge on any atom is -0.748 e. The average molecular weight is 307 g/mol. The van der Waals surface area contributed by atoms with Crippen molar-refractivity contribution in [2.24, 2.45) is 0 Å². The highest BCUT2D eigenvalue weighted by Gasteiger charge is 2.11. The molecule has 0 unspecified atom stereocenters. The summed E-state index contributed by atoms with van der Waals surface area (Å²) < 4.78 is 49.3. The normalized spacial score (nSPS) is 12.7. The largest absolute Gasteiger partial charge is 0.748 e. The average Bonchev–Trinajstić information content (AvgIpc) is 2.33. The van der Waals surface area contributed by atoms with Crippen molar-refractivity contribution in [3.8, 4) is 11.8 Å². The number of rotatable bonds is 6. The molecule has 0 spiro atoms. The molecule has 1 aromatic carbocycles. The molecule has 0 aliphatic rings. The van der Waals surface area contributed by atoms with Gasteiger partial charge < -0.3 is 9.29 Å². The minimum atomic E-state index is -4.44. The third-order valence-electron chi connectivity index (χ3n) is 2.16. The van der Waals surface area contributed by atoms with E-state index in [0.29, 0.717) is 5.02 Å². The lowest BCUT2D eigenvalue weighted by atomic mass is 10.2. The summed E-state index contributed by atoms with van der Waals surface area (Å²) in [5.74, 6) is -0.636. The van der Waals surface area contributed by atoms with Gasteiger partial charge in [-0.25, -0.2) is 12.8 Å². The van der Waals surface area contributed by atoms with E-state index in [1.54, 1.807) is 0 Å². The van der Waals surface area contributed by atoms with Crippen molar-refractivity contribution in [3.63, 3.8) is 0 Å². The molecule has 0 aliphatic heterocycles. The van der Waals surface area contributed by atoms with Gasteiger partial charge in [0, 0.05) is 10.8 Å². The smallest absolute Gasteiger partial charge is 0.137 e. The summed E-state index contributed by atoms with van der Waals surface area (Å²) in [7, 11) is -4.44. The molecule has 0 N–H and O–H groups in total. The van der Waals surface area contributed by atoms with Crippen LogP contribution in [0.25, 0.3) is 0 Å². The van der Waals surface area contributed by atoms with Gasteiger partial charge in [0.15, 0.2) is 0 Å². The van der Waals surface area contributed by atoms with Crippen molar-refractivity contribution < 1.29 is 22.1 Å². The van der Waals surface area contributed by atoms with E-state index in [9.17, 15) is 17.4 Å². The lowest BCUT2D eigenvalue weighted by Gasteiger charge is -2.12. The number of benzene rings is 1. The monoisotopic (exact) mass is 306 g/mol. The number of alkyl halides is 1. The van der Waals surface area contributed by atoms with Crippen LogP contribution < -0.4 is 4.74 Å². The second-order valence-electron chi connectivity index (χ2n) is 3.71. The molecule has 0 saturated carbocycles. The molecule has 0 radical (unpaired) electrons. The molecule has 0 aliphatic carbocycles. The summed E-state index contributed by atoms with van der Waals surface area (Å²) in [6.07, 6.45) is -2.05. The Morgan fingerprint density at radius 1 is 1.53 bits per heavy atom. The molecule has 8 heteroatoms. The molecule has 104 valence electrons. The first-order valence-electron chi connectivity index (χ1n) is 5.22. The van der Waals surface area contributed by atoms with E-state index in [1.165, 1.54) is 18.2 Å². The molecule has 0 amide bonds. The maximum absolute atomic E-state index is 13.3. The van der Waals surface area contributed by atoms with Crippen molar-refractivity contribution in [3.05, 3.63) is 28.8 Å². The number of halogens is 2. The fourth-order valence-electron chi connectivity index (χ4n) is 1.25. The number of nitriles is 1. The van der Waals surface area contributed by atoms with Crippen LogP contribution in [0.15, 0.2) is 18.2 Å². The topological polar surface area (TPSA) is 90.2 Å². The SMILES string of the molecule is N#Cc1cc(Cl)ccc1OC[C@H](F)CCS(=O)(=O)[O-]. The van der Waals surface area contributed by atoms with Crippen molar-refractivity contribution in [2.45, 2.75) is 12.6 Å². The van der Waals surface area contributed by atoms with E-state index in [0.717, 1.165) is 0 Å². The Balaban J connectivity index is 2.55. The molecule has 19 heavy (non-hydrogen) atoms. The Morgan fingerprint density at radius 3 is 2.79 bits per heavy atom. The van der Waals surface area contributed by atoms with Crippen LogP contribution in [0.5, 0.6) is 5.75 Å². The predicted molar refractivity (Wildman–Crippen MR) is 65.7 cm³/mol. The summed E-state index contributed by atoms with van der Waals surface area (Å²) in [6.45, 7) is -0.439. The van der Waals surface area contributed by atoms with Gasteiger partial charge in [-0.05, 0) is 24.6 Å². The summed E-state index contributed by atoms with van der Waals surface area (Å²) in [4.78, 5) is 0. The highest BCUT2D eigenvalue weighted by atomic mass is 35.5. The van der Waals surface area contributed by atoms with Crippen LogP contribution >= 0.6 is 11.6 Å². The lowest BCUT2D eigenvalue weighted by Crippen LogP contribution is -2.18. The van der Waals surface area contributed by atoms with Crippen LogP contribution in [0.2, 0.25) is 5.02 Å².